The zero-order valence-corrected chi connectivity index (χ0v) is 15.6. The summed E-state index contributed by atoms with van der Waals surface area (Å²) in [5, 5.41) is 20.1. The molecule has 138 valence electrons. The number of anilines is 2. The first-order valence-electron chi connectivity index (χ1n) is 9.84. The Morgan fingerprint density at radius 2 is 1.64 bits per heavy atom. The highest BCUT2D eigenvalue weighted by Crippen LogP contribution is 2.48. The molecule has 0 saturated carbocycles. The molecule has 2 N–H and O–H groups in total. The number of rotatable bonds is 3. The summed E-state index contributed by atoms with van der Waals surface area (Å²) in [4.78, 5) is 2.29. The van der Waals surface area contributed by atoms with Crippen molar-refractivity contribution in [1.82, 2.24) is 0 Å². The molecule has 0 aromatic heterocycles. The van der Waals surface area contributed by atoms with Gasteiger partial charge in [0, 0.05) is 22.8 Å². The van der Waals surface area contributed by atoms with E-state index in [9.17, 15) is 10.0 Å². The molecule has 1 aliphatic heterocycles. The minimum atomic E-state index is -1.49. The van der Waals surface area contributed by atoms with Crippen molar-refractivity contribution < 1.29 is 10.0 Å². The molecule has 0 bridgehead atoms. The third-order valence-corrected chi connectivity index (χ3v) is 5.94. The Morgan fingerprint density at radius 1 is 0.857 bits per heavy atom. The van der Waals surface area contributed by atoms with E-state index in [1.54, 1.807) is 0 Å². The van der Waals surface area contributed by atoms with Gasteiger partial charge in [-0.1, -0.05) is 72.8 Å². The fourth-order valence-corrected chi connectivity index (χ4v) is 4.70. The number of benzene rings is 3. The molecule has 0 fully saturated rings. The van der Waals surface area contributed by atoms with E-state index in [-0.39, 0.29) is 6.04 Å². The molecule has 3 aromatic carbocycles. The van der Waals surface area contributed by atoms with Gasteiger partial charge in [-0.3, -0.25) is 0 Å². The topological polar surface area (TPSA) is 43.7 Å². The molecule has 3 nitrogen and oxygen atoms in total. The highest BCUT2D eigenvalue weighted by Gasteiger charge is 2.41. The first-order chi connectivity index (χ1) is 13.7. The molecule has 0 amide bonds. The van der Waals surface area contributed by atoms with Crippen molar-refractivity contribution in [3.63, 3.8) is 0 Å². The van der Waals surface area contributed by atoms with Gasteiger partial charge in [0.15, 0.2) is 0 Å². The summed E-state index contributed by atoms with van der Waals surface area (Å²) >= 11 is 0. The summed E-state index contributed by atoms with van der Waals surface area (Å²) in [6.07, 6.45) is 6.66. The van der Waals surface area contributed by atoms with Crippen molar-refractivity contribution in [2.24, 2.45) is 0 Å². The fraction of sp³-hybridized carbons (Fsp3) is 0.167. The van der Waals surface area contributed by atoms with Crippen molar-refractivity contribution in [1.29, 1.82) is 0 Å². The smallest absolute Gasteiger partial charge is 0.423 e. The quantitative estimate of drug-likeness (QED) is 0.544. The fourth-order valence-electron chi connectivity index (χ4n) is 4.70. The minimum absolute atomic E-state index is 0.203. The van der Waals surface area contributed by atoms with Crippen molar-refractivity contribution in [3.8, 4) is 11.1 Å². The van der Waals surface area contributed by atoms with Crippen LogP contribution in [-0.2, 0) is 0 Å². The van der Waals surface area contributed by atoms with Crippen LogP contribution in [0.1, 0.15) is 24.3 Å². The number of nitrogens with zero attached hydrogens (tertiary/aromatic N) is 1. The summed E-state index contributed by atoms with van der Waals surface area (Å²) in [5.74, 6) is 0.374. The van der Waals surface area contributed by atoms with Crippen LogP contribution >= 0.6 is 0 Å². The van der Waals surface area contributed by atoms with E-state index >= 15 is 0 Å². The lowest BCUT2D eigenvalue weighted by molar-refractivity contribution is 0.426. The zero-order valence-electron chi connectivity index (χ0n) is 15.6. The molecule has 0 spiro atoms. The van der Waals surface area contributed by atoms with Crippen molar-refractivity contribution >= 4 is 24.0 Å². The number of hydrogen-bond acceptors (Lipinski definition) is 3. The van der Waals surface area contributed by atoms with Crippen LogP contribution in [0.4, 0.5) is 11.4 Å². The first-order valence-corrected chi connectivity index (χ1v) is 9.84. The molecule has 2 aliphatic rings. The lowest BCUT2D eigenvalue weighted by Crippen LogP contribution is -2.37. The van der Waals surface area contributed by atoms with Crippen LogP contribution in [-0.4, -0.2) is 23.2 Å². The average Bonchev–Trinajstić information content (AvgIpc) is 3.09. The van der Waals surface area contributed by atoms with Crippen molar-refractivity contribution in [2.45, 2.75) is 24.8 Å². The Morgan fingerprint density at radius 3 is 2.46 bits per heavy atom. The van der Waals surface area contributed by atoms with Gasteiger partial charge in [0.25, 0.3) is 0 Å². The van der Waals surface area contributed by atoms with Crippen LogP contribution in [0.3, 0.4) is 0 Å². The maximum Gasteiger partial charge on any atom is 0.490 e. The van der Waals surface area contributed by atoms with Gasteiger partial charge in [-0.25, -0.2) is 0 Å². The molecule has 1 aliphatic carbocycles. The van der Waals surface area contributed by atoms with Crippen LogP contribution in [0.5, 0.6) is 0 Å². The van der Waals surface area contributed by atoms with Gasteiger partial charge in [-0.2, -0.15) is 0 Å². The average molecular weight is 367 g/mol. The Hall–Kier alpha value is -2.82. The second-order valence-corrected chi connectivity index (χ2v) is 7.55. The zero-order chi connectivity index (χ0) is 19.1. The summed E-state index contributed by atoms with van der Waals surface area (Å²) in [6.45, 7) is 0. The lowest BCUT2D eigenvalue weighted by atomic mass is 9.77. The molecule has 0 radical (unpaired) electrons. The summed E-state index contributed by atoms with van der Waals surface area (Å²) in [5.41, 5.74) is 6.15. The maximum atomic E-state index is 10.0. The number of hydrogen-bond donors (Lipinski definition) is 2. The van der Waals surface area contributed by atoms with Crippen molar-refractivity contribution in [3.05, 3.63) is 90.5 Å². The minimum Gasteiger partial charge on any atom is -0.423 e. The Bertz CT molecular complexity index is 1030. The van der Waals surface area contributed by atoms with E-state index in [1.165, 1.54) is 11.1 Å². The molecule has 4 heteroatoms. The molecule has 1 heterocycles. The molecular weight excluding hydrogens is 345 g/mol. The molecule has 5 rings (SSSR count). The van der Waals surface area contributed by atoms with Crippen LogP contribution in [0.25, 0.3) is 11.1 Å². The Balaban J connectivity index is 1.68. The first kappa shape index (κ1) is 17.3. The van der Waals surface area contributed by atoms with Gasteiger partial charge < -0.3 is 14.9 Å². The van der Waals surface area contributed by atoms with E-state index < -0.39 is 7.12 Å². The van der Waals surface area contributed by atoms with E-state index in [0.29, 0.717) is 11.4 Å². The monoisotopic (exact) mass is 367 g/mol. The van der Waals surface area contributed by atoms with Gasteiger partial charge >= 0.3 is 7.12 Å². The molecular formula is C24H22BNO2. The number of allylic oxidation sites excluding steroid dienone is 1. The predicted octanol–water partition coefficient (Wildman–Crippen LogP) is 3.99. The predicted molar refractivity (Wildman–Crippen MR) is 115 cm³/mol. The van der Waals surface area contributed by atoms with Gasteiger partial charge in [-0.05, 0) is 41.7 Å². The van der Waals surface area contributed by atoms with Crippen LogP contribution in [0.2, 0.25) is 0 Å². The summed E-state index contributed by atoms with van der Waals surface area (Å²) in [7, 11) is -1.49. The van der Waals surface area contributed by atoms with Crippen LogP contribution < -0.4 is 10.4 Å². The van der Waals surface area contributed by atoms with E-state index in [0.717, 1.165) is 29.8 Å². The molecule has 2 unspecified atom stereocenters. The van der Waals surface area contributed by atoms with Crippen molar-refractivity contribution in [2.75, 3.05) is 4.90 Å². The lowest BCUT2D eigenvalue weighted by Gasteiger charge is -2.31. The maximum absolute atomic E-state index is 10.0. The van der Waals surface area contributed by atoms with E-state index in [2.05, 4.69) is 59.5 Å². The summed E-state index contributed by atoms with van der Waals surface area (Å²) < 4.78 is 0. The highest BCUT2D eigenvalue weighted by atomic mass is 16.4. The normalized spacial score (nSPS) is 20.0. The van der Waals surface area contributed by atoms with Gasteiger partial charge in [0.1, 0.15) is 0 Å². The Labute approximate surface area is 165 Å². The largest absolute Gasteiger partial charge is 0.490 e. The molecule has 2 atom stereocenters. The SMILES string of the molecule is OB(O)c1cccc2c1N(c1cccc(-c3ccccc3)c1)C1C=CCCC21. The van der Waals surface area contributed by atoms with E-state index in [1.807, 2.05) is 30.3 Å². The Kier molecular flexibility index (Phi) is 4.31. The van der Waals surface area contributed by atoms with E-state index in [4.69, 9.17) is 0 Å². The third kappa shape index (κ3) is 2.77. The number of fused-ring (bicyclic) bond motifs is 3. The summed E-state index contributed by atoms with van der Waals surface area (Å²) in [6, 6.07) is 25.0. The second kappa shape index (κ2) is 6.97. The van der Waals surface area contributed by atoms with Gasteiger partial charge in [0.05, 0.1) is 6.04 Å². The third-order valence-electron chi connectivity index (χ3n) is 5.94. The molecule has 0 saturated heterocycles. The molecule has 28 heavy (non-hydrogen) atoms. The standard InChI is InChI=1S/C24H22BNO2/c27-25(28)22-14-7-13-21-20-12-4-5-15-23(20)26(24(21)22)19-11-6-10-18(16-19)17-8-2-1-3-9-17/h1-3,5-11,13-16,20,23,27-28H,4,12H2. The molecule has 3 aromatic rings. The highest BCUT2D eigenvalue weighted by molar-refractivity contribution is 6.60. The van der Waals surface area contributed by atoms with Crippen LogP contribution in [0, 0.1) is 0 Å². The number of para-hydroxylation sites is 1. The van der Waals surface area contributed by atoms with Gasteiger partial charge in [0.2, 0.25) is 0 Å². The second-order valence-electron chi connectivity index (χ2n) is 7.55. The van der Waals surface area contributed by atoms with Crippen LogP contribution in [0.15, 0.2) is 84.9 Å². The van der Waals surface area contributed by atoms with Gasteiger partial charge in [-0.15, -0.1) is 0 Å².